The van der Waals surface area contributed by atoms with E-state index in [-0.39, 0.29) is 11.8 Å². The Hall–Kier alpha value is -2.25. The summed E-state index contributed by atoms with van der Waals surface area (Å²) in [6, 6.07) is 14.1. The average Bonchev–Trinajstić information content (AvgIpc) is 3.28. The number of aromatic amines is 1. The fourth-order valence-corrected chi connectivity index (χ4v) is 3.53. The van der Waals surface area contributed by atoms with Gasteiger partial charge in [-0.25, -0.2) is 0 Å². The van der Waals surface area contributed by atoms with Gasteiger partial charge in [-0.2, -0.15) is 5.10 Å². The molecule has 0 aliphatic rings. The Labute approximate surface area is 155 Å². The van der Waals surface area contributed by atoms with Crippen molar-refractivity contribution in [2.45, 2.75) is 25.8 Å². The summed E-state index contributed by atoms with van der Waals surface area (Å²) in [6.45, 7) is 3.24. The van der Waals surface area contributed by atoms with Crippen LogP contribution in [-0.2, 0) is 11.3 Å². The number of carbonyl (C=O) groups is 1. The summed E-state index contributed by atoms with van der Waals surface area (Å²) in [5.74, 6) is 1.08. The maximum Gasteiger partial charge on any atom is 0.221 e. The van der Waals surface area contributed by atoms with Crippen molar-refractivity contribution in [2.24, 2.45) is 0 Å². The number of nitrogens with zero attached hydrogens (tertiary/aromatic N) is 2. The smallest absolute Gasteiger partial charge is 0.221 e. The molecule has 0 saturated heterocycles. The van der Waals surface area contributed by atoms with Crippen LogP contribution in [-0.4, -0.2) is 27.2 Å². The number of thiophene rings is 1. The van der Waals surface area contributed by atoms with Crippen LogP contribution in [0.3, 0.4) is 0 Å². The lowest BCUT2D eigenvalue weighted by atomic mass is 10.0. The number of rotatable bonds is 7. The van der Waals surface area contributed by atoms with E-state index < -0.39 is 0 Å². The van der Waals surface area contributed by atoms with Gasteiger partial charge in [-0.05, 0) is 35.1 Å². The first kappa shape index (κ1) is 17.6. The van der Waals surface area contributed by atoms with E-state index in [2.05, 4.69) is 34.6 Å². The highest BCUT2D eigenvalue weighted by Crippen LogP contribution is 2.22. The first-order valence-corrected chi connectivity index (χ1v) is 9.44. The Balaban J connectivity index is 1.55. The van der Waals surface area contributed by atoms with E-state index in [4.69, 9.17) is 12.2 Å². The van der Waals surface area contributed by atoms with Crippen molar-refractivity contribution in [3.8, 4) is 10.7 Å². The summed E-state index contributed by atoms with van der Waals surface area (Å²) in [7, 11) is 0. The van der Waals surface area contributed by atoms with E-state index in [1.807, 2.05) is 40.3 Å². The molecule has 0 saturated carbocycles. The van der Waals surface area contributed by atoms with E-state index in [0.717, 1.165) is 10.7 Å². The minimum absolute atomic E-state index is 0.0167. The number of carbonyl (C=O) groups excluding carboxylic acids is 1. The molecule has 2 aromatic heterocycles. The van der Waals surface area contributed by atoms with Gasteiger partial charge in [0.05, 0.1) is 4.88 Å². The Morgan fingerprint density at radius 2 is 2.12 bits per heavy atom. The molecule has 1 amide bonds. The molecule has 1 unspecified atom stereocenters. The van der Waals surface area contributed by atoms with Gasteiger partial charge in [0, 0.05) is 19.5 Å². The van der Waals surface area contributed by atoms with Gasteiger partial charge in [0.25, 0.3) is 0 Å². The molecule has 0 spiro atoms. The predicted molar refractivity (Wildman–Crippen MR) is 103 cm³/mol. The molecular weight excluding hydrogens is 352 g/mol. The maximum absolute atomic E-state index is 12.2. The van der Waals surface area contributed by atoms with Crippen LogP contribution in [0.1, 0.15) is 24.8 Å². The van der Waals surface area contributed by atoms with Gasteiger partial charge in [-0.1, -0.05) is 43.3 Å². The van der Waals surface area contributed by atoms with Crippen LogP contribution in [0.25, 0.3) is 10.7 Å². The summed E-state index contributed by atoms with van der Waals surface area (Å²) < 4.78 is 2.41. The molecule has 0 fully saturated rings. The van der Waals surface area contributed by atoms with E-state index in [9.17, 15) is 4.79 Å². The lowest BCUT2D eigenvalue weighted by Crippen LogP contribution is -2.28. The van der Waals surface area contributed by atoms with Crippen molar-refractivity contribution >= 4 is 29.5 Å². The molecule has 3 aromatic rings. The minimum atomic E-state index is 0.0167. The molecule has 7 heteroatoms. The molecule has 130 valence electrons. The molecule has 2 N–H and O–H groups in total. The Bertz CT molecular complexity index is 868. The van der Waals surface area contributed by atoms with Crippen LogP contribution in [0.5, 0.6) is 0 Å². The van der Waals surface area contributed by atoms with E-state index >= 15 is 0 Å². The molecule has 25 heavy (non-hydrogen) atoms. The molecule has 1 aromatic carbocycles. The van der Waals surface area contributed by atoms with E-state index in [0.29, 0.717) is 24.3 Å². The number of H-pyrrole nitrogens is 1. The van der Waals surface area contributed by atoms with E-state index in [1.54, 1.807) is 11.3 Å². The Kier molecular flexibility index (Phi) is 5.78. The second-order valence-electron chi connectivity index (χ2n) is 5.85. The van der Waals surface area contributed by atoms with Gasteiger partial charge in [0.15, 0.2) is 10.6 Å². The number of hydrogen-bond donors (Lipinski definition) is 2. The Morgan fingerprint density at radius 1 is 1.32 bits per heavy atom. The van der Waals surface area contributed by atoms with Crippen molar-refractivity contribution in [3.05, 3.63) is 58.2 Å². The number of aromatic nitrogens is 3. The fraction of sp³-hybridized carbons (Fsp3) is 0.278. The summed E-state index contributed by atoms with van der Waals surface area (Å²) in [5.41, 5.74) is 1.22. The largest absolute Gasteiger partial charge is 0.355 e. The van der Waals surface area contributed by atoms with Crippen molar-refractivity contribution in [2.75, 3.05) is 6.54 Å². The maximum atomic E-state index is 12.2. The molecule has 0 aliphatic carbocycles. The van der Waals surface area contributed by atoms with Crippen LogP contribution < -0.4 is 5.32 Å². The molecular formula is C18H20N4OS2. The second kappa shape index (κ2) is 8.22. The molecule has 0 radical (unpaired) electrons. The fourth-order valence-electron chi connectivity index (χ4n) is 2.59. The molecule has 3 rings (SSSR count). The molecule has 5 nitrogen and oxygen atoms in total. The van der Waals surface area contributed by atoms with E-state index in [1.165, 1.54) is 5.56 Å². The lowest BCUT2D eigenvalue weighted by Gasteiger charge is -2.13. The predicted octanol–water partition coefficient (Wildman–Crippen LogP) is 3.98. The quantitative estimate of drug-likeness (QED) is 0.617. The molecule has 2 heterocycles. The summed E-state index contributed by atoms with van der Waals surface area (Å²) in [4.78, 5) is 13.2. The van der Waals surface area contributed by atoms with Gasteiger partial charge in [0.2, 0.25) is 5.91 Å². The number of amides is 1. The van der Waals surface area contributed by atoms with Gasteiger partial charge < -0.3 is 5.32 Å². The second-order valence-corrected chi connectivity index (χ2v) is 7.18. The topological polar surface area (TPSA) is 62.7 Å². The van der Waals surface area contributed by atoms with Crippen LogP contribution in [0.2, 0.25) is 0 Å². The van der Waals surface area contributed by atoms with Crippen LogP contribution >= 0.6 is 23.6 Å². The zero-order chi connectivity index (χ0) is 17.6. The van der Waals surface area contributed by atoms with Crippen LogP contribution in [0.15, 0.2) is 47.8 Å². The number of hydrogen-bond acceptors (Lipinski definition) is 4. The number of benzene rings is 1. The SMILES string of the molecule is CC(CNC(=O)CCn1c(-c2cccs2)n[nH]c1=S)c1ccccc1. The van der Waals surface area contributed by atoms with Crippen molar-refractivity contribution in [1.82, 2.24) is 20.1 Å². The highest BCUT2D eigenvalue weighted by atomic mass is 32.1. The van der Waals surface area contributed by atoms with Gasteiger partial charge in [-0.15, -0.1) is 11.3 Å². The monoisotopic (exact) mass is 372 g/mol. The van der Waals surface area contributed by atoms with Crippen molar-refractivity contribution < 1.29 is 4.79 Å². The van der Waals surface area contributed by atoms with Gasteiger partial charge >= 0.3 is 0 Å². The normalized spacial score (nSPS) is 12.0. The third-order valence-corrected chi connectivity index (χ3v) is 5.21. The zero-order valence-corrected chi connectivity index (χ0v) is 15.6. The van der Waals surface area contributed by atoms with Crippen molar-refractivity contribution in [3.63, 3.8) is 0 Å². The van der Waals surface area contributed by atoms with Crippen molar-refractivity contribution in [1.29, 1.82) is 0 Å². The zero-order valence-electron chi connectivity index (χ0n) is 13.9. The van der Waals surface area contributed by atoms with Gasteiger partial charge in [0.1, 0.15) is 0 Å². The standard InChI is InChI=1S/C18H20N4OS2/c1-13(14-6-3-2-4-7-14)12-19-16(23)9-10-22-17(20-21-18(22)24)15-8-5-11-25-15/h2-8,11,13H,9-10,12H2,1H3,(H,19,23)(H,21,24). The molecule has 0 bridgehead atoms. The summed E-state index contributed by atoms with van der Waals surface area (Å²) >= 11 is 6.89. The highest BCUT2D eigenvalue weighted by molar-refractivity contribution is 7.71. The minimum Gasteiger partial charge on any atom is -0.355 e. The van der Waals surface area contributed by atoms with Gasteiger partial charge in [-0.3, -0.25) is 14.5 Å². The van der Waals surface area contributed by atoms with Crippen LogP contribution in [0.4, 0.5) is 0 Å². The Morgan fingerprint density at radius 3 is 2.84 bits per heavy atom. The summed E-state index contributed by atoms with van der Waals surface area (Å²) in [6.07, 6.45) is 0.369. The third kappa shape index (κ3) is 4.43. The average molecular weight is 373 g/mol. The third-order valence-electron chi connectivity index (χ3n) is 4.04. The number of nitrogens with one attached hydrogen (secondary N) is 2. The highest BCUT2D eigenvalue weighted by Gasteiger charge is 2.12. The lowest BCUT2D eigenvalue weighted by molar-refractivity contribution is -0.121. The molecule has 0 aliphatic heterocycles. The summed E-state index contributed by atoms with van der Waals surface area (Å²) in [5, 5.41) is 12.1. The molecule has 1 atom stereocenters. The van der Waals surface area contributed by atoms with Crippen LogP contribution in [0, 0.1) is 4.77 Å². The first-order valence-electron chi connectivity index (χ1n) is 8.16. The first-order chi connectivity index (χ1) is 12.1.